The van der Waals surface area contributed by atoms with Gasteiger partial charge in [0.1, 0.15) is 0 Å². The predicted octanol–water partition coefficient (Wildman–Crippen LogP) is 5.95. The molecule has 0 aliphatic heterocycles. The smallest absolute Gasteiger partial charge is 0.0443 e. The highest BCUT2D eigenvalue weighted by Crippen LogP contribution is 2.17. The zero-order valence-electron chi connectivity index (χ0n) is 11.4. The molecular weight excluding hydrogens is 180 g/mol. The van der Waals surface area contributed by atoms with Crippen molar-refractivity contribution in [2.75, 3.05) is 0 Å². The van der Waals surface area contributed by atoms with E-state index in [1.54, 1.807) is 0 Å². The van der Waals surface area contributed by atoms with E-state index in [0.29, 0.717) is 0 Å². The molecule has 0 aliphatic carbocycles. The summed E-state index contributed by atoms with van der Waals surface area (Å²) >= 11 is 0. The lowest BCUT2D eigenvalue weighted by atomic mass is 9.96. The van der Waals surface area contributed by atoms with Crippen molar-refractivity contribution >= 4 is 0 Å². The highest BCUT2D eigenvalue weighted by molar-refractivity contribution is 4.54. The Balaban J connectivity index is 3.06. The second-order valence-corrected chi connectivity index (χ2v) is 5.16. The minimum atomic E-state index is 0.975. The van der Waals surface area contributed by atoms with Crippen LogP contribution in [0.5, 0.6) is 0 Å². The van der Waals surface area contributed by atoms with Crippen molar-refractivity contribution in [1.82, 2.24) is 0 Å². The van der Waals surface area contributed by atoms with E-state index in [4.69, 9.17) is 0 Å². The Bertz CT molecular complexity index is 107. The van der Waals surface area contributed by atoms with Gasteiger partial charge in [-0.2, -0.15) is 0 Å². The normalized spacial score (nSPS) is 13.0. The van der Waals surface area contributed by atoms with Crippen LogP contribution in [0.4, 0.5) is 0 Å². The van der Waals surface area contributed by atoms with Crippen LogP contribution in [0.15, 0.2) is 0 Å². The summed E-state index contributed by atoms with van der Waals surface area (Å²) in [5.74, 6) is 0.975. The maximum Gasteiger partial charge on any atom is -0.0443 e. The Morgan fingerprint density at radius 3 is 1.60 bits per heavy atom. The first-order valence-corrected chi connectivity index (χ1v) is 7.31. The molecule has 0 spiro atoms. The molecule has 0 aliphatic rings. The summed E-state index contributed by atoms with van der Waals surface area (Å²) in [4.78, 5) is 0. The van der Waals surface area contributed by atoms with E-state index < -0.39 is 0 Å². The Morgan fingerprint density at radius 1 is 0.600 bits per heavy atom. The van der Waals surface area contributed by atoms with Crippen molar-refractivity contribution in [2.24, 2.45) is 5.92 Å². The number of hydrogen-bond donors (Lipinski definition) is 0. The zero-order valence-corrected chi connectivity index (χ0v) is 11.4. The number of rotatable bonds is 11. The molecule has 0 amide bonds. The van der Waals surface area contributed by atoms with E-state index in [9.17, 15) is 0 Å². The van der Waals surface area contributed by atoms with Crippen LogP contribution in [0, 0.1) is 5.92 Å². The average molecular weight is 212 g/mol. The van der Waals surface area contributed by atoms with Gasteiger partial charge in [-0.05, 0) is 5.92 Å². The SMILES string of the molecule is CCCCCCCC[C@@H](C)CCCCC. The maximum atomic E-state index is 2.43. The van der Waals surface area contributed by atoms with E-state index in [1.807, 2.05) is 0 Å². The number of hydrogen-bond acceptors (Lipinski definition) is 0. The van der Waals surface area contributed by atoms with E-state index in [0.717, 1.165) is 5.92 Å². The fourth-order valence-electron chi connectivity index (χ4n) is 2.16. The molecule has 1 atom stereocenters. The zero-order chi connectivity index (χ0) is 11.4. The van der Waals surface area contributed by atoms with Gasteiger partial charge >= 0.3 is 0 Å². The molecule has 0 unspecified atom stereocenters. The van der Waals surface area contributed by atoms with E-state index in [1.165, 1.54) is 70.6 Å². The number of unbranched alkanes of at least 4 members (excludes halogenated alkanes) is 7. The van der Waals surface area contributed by atoms with Gasteiger partial charge in [0.15, 0.2) is 0 Å². The molecule has 0 aromatic rings. The lowest BCUT2D eigenvalue weighted by Gasteiger charge is -2.10. The highest BCUT2D eigenvalue weighted by Gasteiger charge is 2.01. The molecule has 0 saturated heterocycles. The van der Waals surface area contributed by atoms with Gasteiger partial charge in [0.05, 0.1) is 0 Å². The van der Waals surface area contributed by atoms with Crippen molar-refractivity contribution in [3.05, 3.63) is 0 Å². The molecular formula is C15H32. The largest absolute Gasteiger partial charge is 0.0654 e. The quantitative estimate of drug-likeness (QED) is 0.371. The molecule has 92 valence electrons. The third-order valence-electron chi connectivity index (χ3n) is 3.35. The molecule has 0 aromatic heterocycles. The summed E-state index contributed by atoms with van der Waals surface area (Å²) in [6.45, 7) is 7.01. The molecule has 0 fully saturated rings. The minimum Gasteiger partial charge on any atom is -0.0654 e. The van der Waals surface area contributed by atoms with Crippen LogP contribution >= 0.6 is 0 Å². The second-order valence-electron chi connectivity index (χ2n) is 5.16. The van der Waals surface area contributed by atoms with Gasteiger partial charge in [-0.1, -0.05) is 91.4 Å². The summed E-state index contributed by atoms with van der Waals surface area (Å²) in [5, 5.41) is 0. The summed E-state index contributed by atoms with van der Waals surface area (Å²) in [7, 11) is 0. The van der Waals surface area contributed by atoms with Crippen LogP contribution in [0.25, 0.3) is 0 Å². The molecule has 0 nitrogen and oxygen atoms in total. The van der Waals surface area contributed by atoms with Crippen molar-refractivity contribution < 1.29 is 0 Å². The molecule has 0 bridgehead atoms. The van der Waals surface area contributed by atoms with Gasteiger partial charge in [0.2, 0.25) is 0 Å². The molecule has 0 rings (SSSR count). The monoisotopic (exact) mass is 212 g/mol. The maximum absolute atomic E-state index is 2.43. The van der Waals surface area contributed by atoms with Crippen LogP contribution in [0.1, 0.15) is 91.4 Å². The average Bonchev–Trinajstić information content (AvgIpc) is 2.23. The summed E-state index contributed by atoms with van der Waals surface area (Å²) in [5.41, 5.74) is 0. The van der Waals surface area contributed by atoms with Gasteiger partial charge < -0.3 is 0 Å². The first-order chi connectivity index (χ1) is 7.31. The fraction of sp³-hybridized carbons (Fsp3) is 1.00. The summed E-state index contributed by atoms with van der Waals surface area (Å²) in [6.07, 6.45) is 15.8. The lowest BCUT2D eigenvalue weighted by molar-refractivity contribution is 0.437. The molecule has 0 radical (unpaired) electrons. The van der Waals surface area contributed by atoms with Crippen molar-refractivity contribution in [1.29, 1.82) is 0 Å². The van der Waals surface area contributed by atoms with Gasteiger partial charge in [0.25, 0.3) is 0 Å². The molecule has 15 heavy (non-hydrogen) atoms. The summed E-state index contributed by atoms with van der Waals surface area (Å²) < 4.78 is 0. The van der Waals surface area contributed by atoms with Crippen LogP contribution in [-0.2, 0) is 0 Å². The molecule has 0 heteroatoms. The fourth-order valence-corrected chi connectivity index (χ4v) is 2.16. The minimum absolute atomic E-state index is 0.975. The molecule has 0 heterocycles. The van der Waals surface area contributed by atoms with Crippen LogP contribution in [-0.4, -0.2) is 0 Å². The Morgan fingerprint density at radius 2 is 1.00 bits per heavy atom. The topological polar surface area (TPSA) is 0 Å². The van der Waals surface area contributed by atoms with E-state index >= 15 is 0 Å². The van der Waals surface area contributed by atoms with E-state index in [-0.39, 0.29) is 0 Å². The Labute approximate surface area is 97.8 Å². The highest BCUT2D eigenvalue weighted by atomic mass is 14.1. The Hall–Kier alpha value is 0. The lowest BCUT2D eigenvalue weighted by Crippen LogP contribution is -1.94. The first-order valence-electron chi connectivity index (χ1n) is 7.31. The molecule has 0 N–H and O–H groups in total. The van der Waals surface area contributed by atoms with Gasteiger partial charge in [-0.25, -0.2) is 0 Å². The van der Waals surface area contributed by atoms with Crippen molar-refractivity contribution in [3.8, 4) is 0 Å². The van der Waals surface area contributed by atoms with Gasteiger partial charge in [-0.3, -0.25) is 0 Å². The van der Waals surface area contributed by atoms with Crippen molar-refractivity contribution in [3.63, 3.8) is 0 Å². The third-order valence-corrected chi connectivity index (χ3v) is 3.35. The van der Waals surface area contributed by atoms with Gasteiger partial charge in [0, 0.05) is 0 Å². The van der Waals surface area contributed by atoms with Crippen LogP contribution in [0.3, 0.4) is 0 Å². The Kier molecular flexibility index (Phi) is 12.1. The predicted molar refractivity (Wildman–Crippen MR) is 71.3 cm³/mol. The van der Waals surface area contributed by atoms with Crippen molar-refractivity contribution in [2.45, 2.75) is 91.4 Å². The van der Waals surface area contributed by atoms with E-state index in [2.05, 4.69) is 20.8 Å². The standard InChI is InChI=1S/C15H32/c1-4-6-8-9-10-12-14-15(3)13-11-7-5-2/h15H,4-14H2,1-3H3/t15-/m0/s1. The van der Waals surface area contributed by atoms with Crippen LogP contribution < -0.4 is 0 Å². The second kappa shape index (κ2) is 12.1. The molecule has 0 aromatic carbocycles. The van der Waals surface area contributed by atoms with Gasteiger partial charge in [-0.15, -0.1) is 0 Å². The van der Waals surface area contributed by atoms with Crippen LogP contribution in [0.2, 0.25) is 0 Å². The molecule has 0 saturated carbocycles. The summed E-state index contributed by atoms with van der Waals surface area (Å²) in [6, 6.07) is 0. The third kappa shape index (κ3) is 11.9. The first kappa shape index (κ1) is 15.0.